The highest BCUT2D eigenvalue weighted by Crippen LogP contribution is 2.23. The van der Waals surface area contributed by atoms with Gasteiger partial charge in [0, 0.05) is 22.1 Å². The minimum Gasteiger partial charge on any atom is -0.493 e. The molecule has 0 aliphatic heterocycles. The molecular formula is C24H30BrN3O4. The Hall–Kier alpha value is -2.87. The number of anilines is 1. The van der Waals surface area contributed by atoms with Crippen molar-refractivity contribution in [1.82, 2.24) is 10.9 Å². The van der Waals surface area contributed by atoms with Gasteiger partial charge in [-0.2, -0.15) is 0 Å². The third-order valence-corrected chi connectivity index (χ3v) is 4.95. The van der Waals surface area contributed by atoms with Gasteiger partial charge in [-0.3, -0.25) is 25.2 Å². The molecule has 0 aliphatic rings. The fraction of sp³-hybridized carbons (Fsp3) is 0.375. The Morgan fingerprint density at radius 2 is 1.56 bits per heavy atom. The predicted molar refractivity (Wildman–Crippen MR) is 129 cm³/mol. The summed E-state index contributed by atoms with van der Waals surface area (Å²) >= 11 is 3.36. The molecule has 0 radical (unpaired) electrons. The summed E-state index contributed by atoms with van der Waals surface area (Å²) < 4.78 is 6.48. The monoisotopic (exact) mass is 503 g/mol. The maximum Gasteiger partial charge on any atom is 0.273 e. The second kappa shape index (κ2) is 12.2. The molecule has 0 heterocycles. The van der Waals surface area contributed by atoms with E-state index in [2.05, 4.69) is 45.9 Å². The molecule has 2 rings (SSSR count). The number of hydrazine groups is 1. The number of carbonyl (C=O) groups is 3. The summed E-state index contributed by atoms with van der Waals surface area (Å²) in [6.45, 7) is 8.62. The first-order valence-electron chi connectivity index (χ1n) is 10.6. The van der Waals surface area contributed by atoms with Gasteiger partial charge < -0.3 is 10.1 Å². The Morgan fingerprint density at radius 3 is 2.19 bits per heavy atom. The molecule has 0 spiro atoms. The Balaban J connectivity index is 1.96. The third kappa shape index (κ3) is 8.34. The summed E-state index contributed by atoms with van der Waals surface area (Å²) in [7, 11) is 0. The van der Waals surface area contributed by atoms with Crippen molar-refractivity contribution in [2.45, 2.75) is 40.5 Å². The largest absolute Gasteiger partial charge is 0.493 e. The van der Waals surface area contributed by atoms with Crippen molar-refractivity contribution in [2.75, 3.05) is 11.9 Å². The summed E-state index contributed by atoms with van der Waals surface area (Å²) in [5.74, 6) is 0.145. The van der Waals surface area contributed by atoms with E-state index in [4.69, 9.17) is 4.74 Å². The van der Waals surface area contributed by atoms with E-state index in [1.807, 2.05) is 13.8 Å². The van der Waals surface area contributed by atoms with E-state index in [-0.39, 0.29) is 11.8 Å². The maximum absolute atomic E-state index is 12.6. The van der Waals surface area contributed by atoms with Crippen LogP contribution in [0.1, 0.15) is 61.3 Å². The molecule has 3 amide bonds. The van der Waals surface area contributed by atoms with Gasteiger partial charge in [0.25, 0.3) is 11.8 Å². The van der Waals surface area contributed by atoms with Gasteiger partial charge in [-0.25, -0.2) is 0 Å². The fourth-order valence-electron chi connectivity index (χ4n) is 2.75. The normalized spacial score (nSPS) is 10.7. The molecule has 172 valence electrons. The van der Waals surface area contributed by atoms with Gasteiger partial charge in [-0.1, -0.05) is 43.6 Å². The van der Waals surface area contributed by atoms with Crippen LogP contribution in [0.25, 0.3) is 0 Å². The molecule has 7 nitrogen and oxygen atoms in total. The maximum atomic E-state index is 12.6. The van der Waals surface area contributed by atoms with Crippen molar-refractivity contribution < 1.29 is 19.1 Å². The molecule has 2 aromatic rings. The molecule has 0 unspecified atom stereocenters. The van der Waals surface area contributed by atoms with Crippen LogP contribution < -0.4 is 20.9 Å². The minimum absolute atomic E-state index is 0.0788. The standard InChI is InChI=1S/C24H30BrN3O4/c1-15(2)11-12-32-21-10-7-18(25)14-20(21)24(31)28-27-23(30)17-5-8-19(9-6-17)26-22(29)13-16(3)4/h5-10,14-16H,11-13H2,1-4H3,(H,26,29)(H,27,30)(H,28,31). The quantitative estimate of drug-likeness (QED) is 0.422. The molecular weight excluding hydrogens is 474 g/mol. The van der Waals surface area contributed by atoms with E-state index < -0.39 is 11.8 Å². The zero-order valence-corrected chi connectivity index (χ0v) is 20.4. The minimum atomic E-state index is -0.489. The number of halogens is 1. The number of hydrogen-bond donors (Lipinski definition) is 3. The molecule has 2 aromatic carbocycles. The first-order valence-corrected chi connectivity index (χ1v) is 11.4. The van der Waals surface area contributed by atoms with E-state index in [1.54, 1.807) is 42.5 Å². The second-order valence-electron chi connectivity index (χ2n) is 8.30. The molecule has 0 aromatic heterocycles. The first-order chi connectivity index (χ1) is 15.2. The van der Waals surface area contributed by atoms with Gasteiger partial charge in [0.1, 0.15) is 5.75 Å². The van der Waals surface area contributed by atoms with Crippen molar-refractivity contribution in [1.29, 1.82) is 0 Å². The number of rotatable bonds is 9. The molecule has 32 heavy (non-hydrogen) atoms. The smallest absolute Gasteiger partial charge is 0.273 e. The van der Waals surface area contributed by atoms with E-state index >= 15 is 0 Å². The van der Waals surface area contributed by atoms with Crippen LogP contribution in [0.4, 0.5) is 5.69 Å². The van der Waals surface area contributed by atoms with Crippen LogP contribution in [0.3, 0.4) is 0 Å². The predicted octanol–water partition coefficient (Wildman–Crippen LogP) is 4.93. The zero-order valence-electron chi connectivity index (χ0n) is 18.8. The highest BCUT2D eigenvalue weighted by molar-refractivity contribution is 9.10. The van der Waals surface area contributed by atoms with Crippen LogP contribution in [-0.2, 0) is 4.79 Å². The van der Waals surface area contributed by atoms with Gasteiger partial charge >= 0.3 is 0 Å². The van der Waals surface area contributed by atoms with Gasteiger partial charge in [-0.15, -0.1) is 0 Å². The Morgan fingerprint density at radius 1 is 0.906 bits per heavy atom. The highest BCUT2D eigenvalue weighted by atomic mass is 79.9. The van der Waals surface area contributed by atoms with Crippen LogP contribution in [-0.4, -0.2) is 24.3 Å². The number of carbonyl (C=O) groups excluding carboxylic acids is 3. The molecule has 8 heteroatoms. The Bertz CT molecular complexity index is 943. The summed E-state index contributed by atoms with van der Waals surface area (Å²) in [6, 6.07) is 11.6. The van der Waals surface area contributed by atoms with Crippen LogP contribution in [0.5, 0.6) is 5.75 Å². The summed E-state index contributed by atoms with van der Waals surface area (Å²) in [4.78, 5) is 36.9. The first kappa shape index (κ1) is 25.4. The lowest BCUT2D eigenvalue weighted by Crippen LogP contribution is -2.41. The lowest BCUT2D eigenvalue weighted by atomic mass is 10.1. The fourth-order valence-corrected chi connectivity index (χ4v) is 3.11. The molecule has 0 aliphatic carbocycles. The summed E-state index contributed by atoms with van der Waals surface area (Å²) in [5.41, 5.74) is 6.09. The lowest BCUT2D eigenvalue weighted by molar-refractivity contribution is -0.116. The topological polar surface area (TPSA) is 96.5 Å². The van der Waals surface area contributed by atoms with Crippen LogP contribution >= 0.6 is 15.9 Å². The number of benzene rings is 2. The van der Waals surface area contributed by atoms with Crippen LogP contribution in [0, 0.1) is 11.8 Å². The Labute approximate surface area is 197 Å². The van der Waals surface area contributed by atoms with E-state index in [9.17, 15) is 14.4 Å². The molecule has 0 saturated carbocycles. The highest BCUT2D eigenvalue weighted by Gasteiger charge is 2.15. The van der Waals surface area contributed by atoms with Gasteiger partial charge in [0.2, 0.25) is 5.91 Å². The molecule has 0 saturated heterocycles. The zero-order chi connectivity index (χ0) is 23.7. The van der Waals surface area contributed by atoms with Gasteiger partial charge in [0.15, 0.2) is 0 Å². The van der Waals surface area contributed by atoms with Gasteiger partial charge in [-0.05, 0) is 60.7 Å². The Kier molecular flexibility index (Phi) is 9.71. The number of ether oxygens (including phenoxy) is 1. The van der Waals surface area contributed by atoms with Crippen LogP contribution in [0.2, 0.25) is 0 Å². The van der Waals surface area contributed by atoms with Crippen molar-refractivity contribution in [3.05, 3.63) is 58.1 Å². The lowest BCUT2D eigenvalue weighted by Gasteiger charge is -2.14. The van der Waals surface area contributed by atoms with Crippen LogP contribution in [0.15, 0.2) is 46.9 Å². The van der Waals surface area contributed by atoms with Crippen molar-refractivity contribution in [3.8, 4) is 5.75 Å². The van der Waals surface area contributed by atoms with E-state index in [0.29, 0.717) is 41.5 Å². The summed E-state index contributed by atoms with van der Waals surface area (Å²) in [6.07, 6.45) is 1.29. The number of hydrogen-bond acceptors (Lipinski definition) is 4. The molecule has 0 bridgehead atoms. The SMILES string of the molecule is CC(C)CCOc1ccc(Br)cc1C(=O)NNC(=O)c1ccc(NC(=O)CC(C)C)cc1. The number of nitrogens with one attached hydrogen (secondary N) is 3. The van der Waals surface area contributed by atoms with Gasteiger partial charge in [0.05, 0.1) is 12.2 Å². The average molecular weight is 504 g/mol. The molecule has 3 N–H and O–H groups in total. The number of amides is 3. The molecule has 0 atom stereocenters. The van der Waals surface area contributed by atoms with Crippen molar-refractivity contribution in [3.63, 3.8) is 0 Å². The average Bonchev–Trinajstić information content (AvgIpc) is 2.72. The second-order valence-corrected chi connectivity index (χ2v) is 9.22. The van der Waals surface area contributed by atoms with E-state index in [0.717, 1.165) is 10.9 Å². The third-order valence-electron chi connectivity index (χ3n) is 4.45. The van der Waals surface area contributed by atoms with E-state index in [1.165, 1.54) is 0 Å². The van der Waals surface area contributed by atoms with Crippen molar-refractivity contribution >= 4 is 39.3 Å². The molecule has 0 fully saturated rings. The summed E-state index contributed by atoms with van der Waals surface area (Å²) in [5, 5.41) is 2.79. The van der Waals surface area contributed by atoms with Crippen molar-refractivity contribution in [2.24, 2.45) is 11.8 Å².